The highest BCUT2D eigenvalue weighted by Crippen LogP contribution is 2.36. The molecule has 2 aliphatic heterocycles. The molecule has 2 saturated heterocycles. The molecule has 2 fully saturated rings. The molecule has 1 amide bonds. The fourth-order valence-corrected chi connectivity index (χ4v) is 4.08. The molecular weight excluding hydrogens is 246 g/mol. The number of rotatable bonds is 3. The largest absolute Gasteiger partial charge is 0.393 e. The molecule has 4 heteroatoms. The standard InChI is InChI=1S/C14H19NO2S/c16-12-8-10-3-4-11(9-12)15(10)14(17)6-5-13-2-1-7-18-13/h1-2,7,10-12,16H,3-6,8-9H2. The number of hydrogen-bond donors (Lipinski definition) is 1. The fourth-order valence-electron chi connectivity index (χ4n) is 3.37. The first-order chi connectivity index (χ1) is 8.74. The van der Waals surface area contributed by atoms with Crippen LogP contribution in [0.1, 0.15) is 37.0 Å². The van der Waals surface area contributed by atoms with Crippen LogP contribution in [0.15, 0.2) is 17.5 Å². The van der Waals surface area contributed by atoms with E-state index in [2.05, 4.69) is 16.3 Å². The smallest absolute Gasteiger partial charge is 0.223 e. The molecule has 1 aromatic heterocycles. The molecule has 3 nitrogen and oxygen atoms in total. The van der Waals surface area contributed by atoms with Crippen LogP contribution in [0.3, 0.4) is 0 Å². The number of thiophene rings is 1. The van der Waals surface area contributed by atoms with Crippen molar-refractivity contribution >= 4 is 17.2 Å². The molecule has 0 spiro atoms. The molecule has 18 heavy (non-hydrogen) atoms. The van der Waals surface area contributed by atoms with Crippen molar-refractivity contribution in [3.05, 3.63) is 22.4 Å². The van der Waals surface area contributed by atoms with Gasteiger partial charge in [0.15, 0.2) is 0 Å². The predicted molar refractivity (Wildman–Crippen MR) is 71.5 cm³/mol. The van der Waals surface area contributed by atoms with Crippen molar-refractivity contribution in [3.8, 4) is 0 Å². The summed E-state index contributed by atoms with van der Waals surface area (Å²) in [6.07, 6.45) is 4.99. The number of nitrogens with zero attached hydrogens (tertiary/aromatic N) is 1. The summed E-state index contributed by atoms with van der Waals surface area (Å²) in [6, 6.07) is 4.72. The Morgan fingerprint density at radius 2 is 2.11 bits per heavy atom. The van der Waals surface area contributed by atoms with Gasteiger partial charge >= 0.3 is 0 Å². The maximum atomic E-state index is 12.3. The van der Waals surface area contributed by atoms with Gasteiger partial charge < -0.3 is 10.0 Å². The van der Waals surface area contributed by atoms with Gasteiger partial charge in [-0.15, -0.1) is 11.3 Å². The molecule has 98 valence electrons. The zero-order valence-corrected chi connectivity index (χ0v) is 11.2. The van der Waals surface area contributed by atoms with Crippen LogP contribution in [-0.4, -0.2) is 34.1 Å². The molecule has 0 radical (unpaired) electrons. The number of carbonyl (C=O) groups is 1. The van der Waals surface area contributed by atoms with Gasteiger partial charge in [-0.2, -0.15) is 0 Å². The molecule has 2 bridgehead atoms. The van der Waals surface area contributed by atoms with Crippen LogP contribution in [0, 0.1) is 0 Å². The van der Waals surface area contributed by atoms with Crippen LogP contribution in [0.4, 0.5) is 0 Å². The predicted octanol–water partition coefficient (Wildman–Crippen LogP) is 2.20. The van der Waals surface area contributed by atoms with Crippen LogP contribution in [0.2, 0.25) is 0 Å². The summed E-state index contributed by atoms with van der Waals surface area (Å²) < 4.78 is 0. The highest BCUT2D eigenvalue weighted by atomic mass is 32.1. The van der Waals surface area contributed by atoms with Crippen molar-refractivity contribution in [3.63, 3.8) is 0 Å². The number of piperidine rings is 1. The Balaban J connectivity index is 1.60. The third-order valence-corrected chi connectivity index (χ3v) is 5.10. The van der Waals surface area contributed by atoms with Crippen LogP contribution in [0.25, 0.3) is 0 Å². The van der Waals surface area contributed by atoms with E-state index in [4.69, 9.17) is 0 Å². The topological polar surface area (TPSA) is 40.5 Å². The molecule has 2 unspecified atom stereocenters. The van der Waals surface area contributed by atoms with Crippen molar-refractivity contribution in [1.29, 1.82) is 0 Å². The summed E-state index contributed by atoms with van der Waals surface area (Å²) in [5, 5.41) is 11.8. The number of aliphatic hydroxyl groups excluding tert-OH is 1. The second-order valence-corrected chi connectivity index (χ2v) is 6.42. The van der Waals surface area contributed by atoms with Crippen molar-refractivity contribution in [1.82, 2.24) is 4.90 Å². The van der Waals surface area contributed by atoms with E-state index in [1.165, 1.54) is 4.88 Å². The summed E-state index contributed by atoms with van der Waals surface area (Å²) >= 11 is 1.72. The first-order valence-electron chi connectivity index (χ1n) is 6.75. The molecule has 3 rings (SSSR count). The lowest BCUT2D eigenvalue weighted by atomic mass is 9.99. The van der Waals surface area contributed by atoms with Gasteiger partial charge in [-0.05, 0) is 43.6 Å². The average molecular weight is 265 g/mol. The van der Waals surface area contributed by atoms with Gasteiger partial charge in [0.25, 0.3) is 0 Å². The Morgan fingerprint density at radius 3 is 2.72 bits per heavy atom. The summed E-state index contributed by atoms with van der Waals surface area (Å²) in [5.41, 5.74) is 0. The van der Waals surface area contributed by atoms with Crippen molar-refractivity contribution in [2.75, 3.05) is 0 Å². The quantitative estimate of drug-likeness (QED) is 0.910. The molecular formula is C14H19NO2S. The van der Waals surface area contributed by atoms with Crippen LogP contribution < -0.4 is 0 Å². The summed E-state index contributed by atoms with van der Waals surface area (Å²) in [6.45, 7) is 0. The molecule has 1 aromatic rings. The number of fused-ring (bicyclic) bond motifs is 2. The van der Waals surface area contributed by atoms with E-state index in [1.807, 2.05) is 6.07 Å². The zero-order chi connectivity index (χ0) is 12.5. The fraction of sp³-hybridized carbons (Fsp3) is 0.643. The summed E-state index contributed by atoms with van der Waals surface area (Å²) in [7, 11) is 0. The van der Waals surface area contributed by atoms with Gasteiger partial charge in [0, 0.05) is 23.4 Å². The highest BCUT2D eigenvalue weighted by Gasteiger charge is 2.42. The maximum Gasteiger partial charge on any atom is 0.223 e. The second-order valence-electron chi connectivity index (χ2n) is 5.39. The Hall–Kier alpha value is -0.870. The number of hydrogen-bond acceptors (Lipinski definition) is 3. The minimum Gasteiger partial charge on any atom is -0.393 e. The maximum absolute atomic E-state index is 12.3. The van der Waals surface area contributed by atoms with E-state index in [9.17, 15) is 9.90 Å². The number of aryl methyl sites for hydroxylation is 1. The average Bonchev–Trinajstić information content (AvgIpc) is 2.94. The third kappa shape index (κ3) is 2.31. The molecule has 3 heterocycles. The third-order valence-electron chi connectivity index (χ3n) is 4.16. The Bertz CT molecular complexity index is 403. The van der Waals surface area contributed by atoms with Crippen molar-refractivity contribution in [2.45, 2.75) is 56.7 Å². The van der Waals surface area contributed by atoms with E-state index in [-0.39, 0.29) is 12.0 Å². The Labute approximate surface area is 111 Å². The number of aliphatic hydroxyl groups is 1. The van der Waals surface area contributed by atoms with Gasteiger partial charge in [-0.25, -0.2) is 0 Å². The van der Waals surface area contributed by atoms with Gasteiger partial charge in [0.1, 0.15) is 0 Å². The summed E-state index contributed by atoms with van der Waals surface area (Å²) in [5.74, 6) is 0.280. The zero-order valence-electron chi connectivity index (χ0n) is 10.4. The molecule has 0 aliphatic carbocycles. The van der Waals surface area contributed by atoms with Gasteiger partial charge in [-0.3, -0.25) is 4.79 Å². The number of carbonyl (C=O) groups excluding carboxylic acids is 1. The first-order valence-corrected chi connectivity index (χ1v) is 7.63. The minimum atomic E-state index is -0.191. The van der Waals surface area contributed by atoms with E-state index in [0.717, 1.165) is 32.1 Å². The Morgan fingerprint density at radius 1 is 1.39 bits per heavy atom. The summed E-state index contributed by atoms with van der Waals surface area (Å²) in [4.78, 5) is 15.7. The molecule has 2 atom stereocenters. The van der Waals surface area contributed by atoms with Crippen molar-refractivity contribution < 1.29 is 9.90 Å². The van der Waals surface area contributed by atoms with Crippen LogP contribution >= 0.6 is 11.3 Å². The van der Waals surface area contributed by atoms with Crippen molar-refractivity contribution in [2.24, 2.45) is 0 Å². The van der Waals surface area contributed by atoms with E-state index < -0.39 is 0 Å². The normalized spacial score (nSPS) is 30.7. The lowest BCUT2D eigenvalue weighted by molar-refractivity contribution is -0.137. The van der Waals surface area contributed by atoms with E-state index in [0.29, 0.717) is 18.5 Å². The highest BCUT2D eigenvalue weighted by molar-refractivity contribution is 7.09. The van der Waals surface area contributed by atoms with Gasteiger partial charge in [0.05, 0.1) is 6.10 Å². The molecule has 2 aliphatic rings. The van der Waals surface area contributed by atoms with E-state index >= 15 is 0 Å². The first kappa shape index (κ1) is 12.2. The molecule has 1 N–H and O–H groups in total. The van der Waals surface area contributed by atoms with Crippen LogP contribution in [0.5, 0.6) is 0 Å². The lowest BCUT2D eigenvalue weighted by Gasteiger charge is -2.37. The Kier molecular flexibility index (Phi) is 3.39. The number of amides is 1. The molecule has 0 saturated carbocycles. The molecule has 0 aromatic carbocycles. The van der Waals surface area contributed by atoms with Gasteiger partial charge in [-0.1, -0.05) is 6.07 Å². The minimum absolute atomic E-state index is 0.191. The SMILES string of the molecule is O=C(CCc1cccs1)N1C2CCC1CC(O)C2. The monoisotopic (exact) mass is 265 g/mol. The van der Waals surface area contributed by atoms with Crippen LogP contribution in [-0.2, 0) is 11.2 Å². The van der Waals surface area contributed by atoms with E-state index in [1.54, 1.807) is 11.3 Å². The van der Waals surface area contributed by atoms with Gasteiger partial charge in [0.2, 0.25) is 5.91 Å². The second kappa shape index (κ2) is 5.02. The lowest BCUT2D eigenvalue weighted by Crippen LogP contribution is -2.48.